The minimum atomic E-state index is -0.411. The zero-order valence-corrected chi connectivity index (χ0v) is 15.5. The van der Waals surface area contributed by atoms with Crippen LogP contribution < -0.4 is 10.9 Å². The van der Waals surface area contributed by atoms with E-state index in [1.807, 2.05) is 0 Å². The van der Waals surface area contributed by atoms with E-state index in [1.165, 1.54) is 12.1 Å². The van der Waals surface area contributed by atoms with Crippen molar-refractivity contribution in [1.29, 1.82) is 0 Å². The molecular weight excluding hydrogens is 397 g/mol. The highest BCUT2D eigenvalue weighted by Gasteiger charge is 2.09. The van der Waals surface area contributed by atoms with Crippen molar-refractivity contribution in [2.75, 3.05) is 5.32 Å². The Labute approximate surface area is 164 Å². The van der Waals surface area contributed by atoms with E-state index in [4.69, 9.17) is 34.8 Å². The molecule has 1 N–H and O–H groups in total. The van der Waals surface area contributed by atoms with Gasteiger partial charge >= 0.3 is 0 Å². The summed E-state index contributed by atoms with van der Waals surface area (Å²) in [6.07, 6.45) is 0. The van der Waals surface area contributed by atoms with Gasteiger partial charge < -0.3 is 5.32 Å². The number of benzene rings is 2. The van der Waals surface area contributed by atoms with Crippen LogP contribution in [0.4, 0.5) is 5.69 Å². The Morgan fingerprint density at radius 2 is 1.69 bits per heavy atom. The van der Waals surface area contributed by atoms with E-state index in [9.17, 15) is 9.59 Å². The average Bonchev–Trinajstić information content (AvgIpc) is 2.61. The van der Waals surface area contributed by atoms with Crippen LogP contribution in [0.3, 0.4) is 0 Å². The fraction of sp³-hybridized carbons (Fsp3) is 0.0556. The maximum atomic E-state index is 12.2. The molecule has 5 nitrogen and oxygen atoms in total. The van der Waals surface area contributed by atoms with Crippen molar-refractivity contribution in [2.24, 2.45) is 0 Å². The van der Waals surface area contributed by atoms with Gasteiger partial charge in [-0.2, -0.15) is 5.10 Å². The number of amides is 1. The minimum absolute atomic E-state index is 0.236. The standard InChI is InChI=1S/C18H12Cl3N3O2/c19-12-3-1-11(2-4-12)16-7-8-18(26)24(23-16)10-17(25)22-13-5-6-14(20)15(21)9-13/h1-9H,10H2,(H,22,25). The van der Waals surface area contributed by atoms with Gasteiger partial charge in [0.05, 0.1) is 15.7 Å². The highest BCUT2D eigenvalue weighted by Crippen LogP contribution is 2.25. The number of hydrogen-bond donors (Lipinski definition) is 1. The lowest BCUT2D eigenvalue weighted by atomic mass is 10.1. The predicted octanol–water partition coefficient (Wildman–Crippen LogP) is 4.51. The number of nitrogens with zero attached hydrogens (tertiary/aromatic N) is 2. The quantitative estimate of drug-likeness (QED) is 0.691. The maximum absolute atomic E-state index is 12.2. The van der Waals surface area contributed by atoms with Gasteiger partial charge in [-0.25, -0.2) is 4.68 Å². The van der Waals surface area contributed by atoms with Crippen LogP contribution in [0.5, 0.6) is 0 Å². The molecule has 1 heterocycles. The SMILES string of the molecule is O=C(Cn1nc(-c2ccc(Cl)cc2)ccc1=O)Nc1ccc(Cl)c(Cl)c1. The summed E-state index contributed by atoms with van der Waals surface area (Å²) in [6, 6.07) is 14.7. The second-order valence-corrected chi connectivity index (χ2v) is 6.65. The van der Waals surface area contributed by atoms with E-state index in [1.54, 1.807) is 42.5 Å². The summed E-state index contributed by atoms with van der Waals surface area (Å²) in [7, 11) is 0. The second kappa shape index (κ2) is 7.91. The van der Waals surface area contributed by atoms with E-state index in [-0.39, 0.29) is 12.1 Å². The molecule has 0 aliphatic rings. The third-order valence-electron chi connectivity index (χ3n) is 3.50. The molecule has 0 saturated carbocycles. The van der Waals surface area contributed by atoms with E-state index < -0.39 is 5.91 Å². The van der Waals surface area contributed by atoms with Gasteiger partial charge in [0.2, 0.25) is 5.91 Å². The minimum Gasteiger partial charge on any atom is -0.324 e. The third kappa shape index (κ3) is 4.43. The maximum Gasteiger partial charge on any atom is 0.267 e. The lowest BCUT2D eigenvalue weighted by Crippen LogP contribution is -2.29. The average molecular weight is 409 g/mol. The molecule has 0 saturated heterocycles. The van der Waals surface area contributed by atoms with Gasteiger partial charge in [-0.1, -0.05) is 46.9 Å². The van der Waals surface area contributed by atoms with Crippen LogP contribution in [0.1, 0.15) is 0 Å². The Balaban J connectivity index is 1.79. The molecule has 0 aliphatic carbocycles. The number of hydrogen-bond acceptors (Lipinski definition) is 3. The van der Waals surface area contributed by atoms with Crippen molar-refractivity contribution in [3.63, 3.8) is 0 Å². The van der Waals surface area contributed by atoms with Crippen LogP contribution in [0.15, 0.2) is 59.4 Å². The summed E-state index contributed by atoms with van der Waals surface area (Å²) in [5, 5.41) is 8.20. The Bertz CT molecular complexity index is 1020. The predicted molar refractivity (Wildman–Crippen MR) is 104 cm³/mol. The fourth-order valence-corrected chi connectivity index (χ4v) is 2.67. The Kier molecular flexibility index (Phi) is 5.61. The first kappa shape index (κ1) is 18.5. The molecule has 26 heavy (non-hydrogen) atoms. The van der Waals surface area contributed by atoms with Gasteiger partial charge in [0, 0.05) is 22.3 Å². The summed E-state index contributed by atoms with van der Waals surface area (Å²) >= 11 is 17.6. The molecule has 132 valence electrons. The number of halogens is 3. The van der Waals surface area contributed by atoms with Crippen molar-refractivity contribution >= 4 is 46.4 Å². The number of carbonyl (C=O) groups excluding carboxylic acids is 1. The number of carbonyl (C=O) groups is 1. The molecule has 8 heteroatoms. The summed E-state index contributed by atoms with van der Waals surface area (Å²) in [5.41, 5.74) is 1.44. The number of aromatic nitrogens is 2. The van der Waals surface area contributed by atoms with Crippen molar-refractivity contribution in [1.82, 2.24) is 9.78 Å². The first-order valence-electron chi connectivity index (χ1n) is 7.51. The number of nitrogens with one attached hydrogen (secondary N) is 1. The van der Waals surface area contributed by atoms with E-state index >= 15 is 0 Å². The summed E-state index contributed by atoms with van der Waals surface area (Å²) < 4.78 is 1.09. The van der Waals surface area contributed by atoms with Crippen LogP contribution in [0.25, 0.3) is 11.3 Å². The first-order chi connectivity index (χ1) is 12.4. The van der Waals surface area contributed by atoms with Gasteiger partial charge in [0.15, 0.2) is 0 Å². The molecule has 1 amide bonds. The highest BCUT2D eigenvalue weighted by molar-refractivity contribution is 6.42. The smallest absolute Gasteiger partial charge is 0.267 e. The van der Waals surface area contributed by atoms with Crippen molar-refractivity contribution in [2.45, 2.75) is 6.54 Å². The Hall–Kier alpha value is -2.34. The van der Waals surface area contributed by atoms with Gasteiger partial charge in [-0.15, -0.1) is 0 Å². The molecule has 0 radical (unpaired) electrons. The van der Waals surface area contributed by atoms with Crippen LogP contribution in [-0.4, -0.2) is 15.7 Å². The van der Waals surface area contributed by atoms with Crippen molar-refractivity contribution in [3.05, 3.63) is 80.0 Å². The monoisotopic (exact) mass is 407 g/mol. The number of rotatable bonds is 4. The lowest BCUT2D eigenvalue weighted by molar-refractivity contribution is -0.117. The normalized spacial score (nSPS) is 10.6. The van der Waals surface area contributed by atoms with Crippen LogP contribution >= 0.6 is 34.8 Å². The van der Waals surface area contributed by atoms with Crippen molar-refractivity contribution in [3.8, 4) is 11.3 Å². The van der Waals surface area contributed by atoms with Gasteiger partial charge in [0.25, 0.3) is 5.56 Å². The first-order valence-corrected chi connectivity index (χ1v) is 8.65. The molecule has 3 rings (SSSR count). The van der Waals surface area contributed by atoms with Crippen LogP contribution in [0.2, 0.25) is 15.1 Å². The highest BCUT2D eigenvalue weighted by atomic mass is 35.5. The molecule has 0 bridgehead atoms. The zero-order chi connectivity index (χ0) is 18.7. The molecule has 0 unspecified atom stereocenters. The van der Waals surface area contributed by atoms with Crippen LogP contribution in [-0.2, 0) is 11.3 Å². The second-order valence-electron chi connectivity index (χ2n) is 5.40. The van der Waals surface area contributed by atoms with Gasteiger partial charge in [-0.05, 0) is 36.4 Å². The van der Waals surface area contributed by atoms with Gasteiger partial charge in [0.1, 0.15) is 6.54 Å². The molecule has 3 aromatic rings. The molecule has 0 spiro atoms. The third-order valence-corrected chi connectivity index (χ3v) is 4.49. The molecular formula is C18H12Cl3N3O2. The molecule has 0 atom stereocenters. The topological polar surface area (TPSA) is 64.0 Å². The van der Waals surface area contributed by atoms with Gasteiger partial charge in [-0.3, -0.25) is 9.59 Å². The summed E-state index contributed by atoms with van der Waals surface area (Å²) in [6.45, 7) is -0.236. The van der Waals surface area contributed by atoms with Crippen molar-refractivity contribution < 1.29 is 4.79 Å². The Morgan fingerprint density at radius 1 is 0.962 bits per heavy atom. The van der Waals surface area contributed by atoms with E-state index in [2.05, 4.69) is 10.4 Å². The summed E-state index contributed by atoms with van der Waals surface area (Å²) in [5.74, 6) is -0.411. The molecule has 0 aliphatic heterocycles. The number of anilines is 1. The summed E-state index contributed by atoms with van der Waals surface area (Å²) in [4.78, 5) is 24.2. The molecule has 1 aromatic heterocycles. The zero-order valence-electron chi connectivity index (χ0n) is 13.2. The van der Waals surface area contributed by atoms with E-state index in [0.717, 1.165) is 10.2 Å². The van der Waals surface area contributed by atoms with Crippen LogP contribution in [0, 0.1) is 0 Å². The molecule has 0 fully saturated rings. The fourth-order valence-electron chi connectivity index (χ4n) is 2.25. The Morgan fingerprint density at radius 3 is 2.38 bits per heavy atom. The largest absolute Gasteiger partial charge is 0.324 e. The molecule has 2 aromatic carbocycles. The lowest BCUT2D eigenvalue weighted by Gasteiger charge is -2.09. The van der Waals surface area contributed by atoms with E-state index in [0.29, 0.717) is 26.4 Å².